The summed E-state index contributed by atoms with van der Waals surface area (Å²) in [5.74, 6) is 0.548. The summed E-state index contributed by atoms with van der Waals surface area (Å²) in [5.41, 5.74) is 1.58. The highest BCUT2D eigenvalue weighted by molar-refractivity contribution is 7.91. The standard InChI is InChI=1S/C18H20N2O3S/c1-20(14-16-6-3-5-15(11-16)13-19)9-10-24(21,22)18-8-4-7-17(12-18)23-2/h3-8,11-12H,9-10,14H2,1-2H3. The Hall–Kier alpha value is -2.36. The third-order valence-corrected chi connectivity index (χ3v) is 5.34. The Morgan fingerprint density at radius 1 is 1.17 bits per heavy atom. The van der Waals surface area contributed by atoms with E-state index in [0.29, 0.717) is 24.4 Å². The number of methoxy groups -OCH3 is 1. The summed E-state index contributed by atoms with van der Waals surface area (Å²) >= 11 is 0. The molecule has 0 N–H and O–H groups in total. The van der Waals surface area contributed by atoms with Gasteiger partial charge in [0.25, 0.3) is 0 Å². The maximum Gasteiger partial charge on any atom is 0.179 e. The van der Waals surface area contributed by atoms with E-state index in [4.69, 9.17) is 10.00 Å². The molecule has 0 saturated heterocycles. The van der Waals surface area contributed by atoms with Gasteiger partial charge in [0.2, 0.25) is 0 Å². The van der Waals surface area contributed by atoms with Crippen LogP contribution in [0.2, 0.25) is 0 Å². The first-order valence-corrected chi connectivity index (χ1v) is 9.14. The lowest BCUT2D eigenvalue weighted by Crippen LogP contribution is -2.25. The Morgan fingerprint density at radius 3 is 2.62 bits per heavy atom. The van der Waals surface area contributed by atoms with Gasteiger partial charge in [-0.1, -0.05) is 18.2 Å². The van der Waals surface area contributed by atoms with E-state index < -0.39 is 9.84 Å². The SMILES string of the molecule is COc1cccc(S(=O)(=O)CCN(C)Cc2cccc(C#N)c2)c1. The van der Waals surface area contributed by atoms with Crippen LogP contribution in [-0.4, -0.2) is 39.8 Å². The average Bonchev–Trinajstić information content (AvgIpc) is 2.60. The zero-order chi connectivity index (χ0) is 17.6. The number of ether oxygens (including phenoxy) is 1. The Morgan fingerprint density at radius 2 is 1.92 bits per heavy atom. The predicted molar refractivity (Wildman–Crippen MR) is 92.5 cm³/mol. The normalized spacial score (nSPS) is 11.2. The molecule has 2 rings (SSSR count). The van der Waals surface area contributed by atoms with Crippen molar-refractivity contribution in [2.45, 2.75) is 11.4 Å². The zero-order valence-corrected chi connectivity index (χ0v) is 14.6. The van der Waals surface area contributed by atoms with E-state index in [1.54, 1.807) is 24.3 Å². The van der Waals surface area contributed by atoms with Gasteiger partial charge >= 0.3 is 0 Å². The van der Waals surface area contributed by atoms with E-state index in [0.717, 1.165) is 5.56 Å². The summed E-state index contributed by atoms with van der Waals surface area (Å²) < 4.78 is 29.9. The van der Waals surface area contributed by atoms with Crippen molar-refractivity contribution in [3.05, 3.63) is 59.7 Å². The third kappa shape index (κ3) is 4.82. The van der Waals surface area contributed by atoms with Crippen molar-refractivity contribution < 1.29 is 13.2 Å². The van der Waals surface area contributed by atoms with Gasteiger partial charge < -0.3 is 9.64 Å². The van der Waals surface area contributed by atoms with Gasteiger partial charge in [0, 0.05) is 13.1 Å². The van der Waals surface area contributed by atoms with E-state index in [1.807, 2.05) is 30.1 Å². The second-order valence-electron chi connectivity index (χ2n) is 5.55. The van der Waals surface area contributed by atoms with E-state index in [9.17, 15) is 8.42 Å². The van der Waals surface area contributed by atoms with Crippen LogP contribution in [0.25, 0.3) is 0 Å². The van der Waals surface area contributed by atoms with Crippen molar-refractivity contribution in [3.8, 4) is 11.8 Å². The molecule has 0 bridgehead atoms. The van der Waals surface area contributed by atoms with Gasteiger partial charge in [-0.05, 0) is 42.9 Å². The number of nitrogens with zero attached hydrogens (tertiary/aromatic N) is 2. The van der Waals surface area contributed by atoms with Crippen molar-refractivity contribution in [2.24, 2.45) is 0 Å². The lowest BCUT2D eigenvalue weighted by atomic mass is 10.1. The predicted octanol–water partition coefficient (Wildman–Crippen LogP) is 2.47. The minimum absolute atomic E-state index is 0.0224. The molecule has 0 unspecified atom stereocenters. The van der Waals surface area contributed by atoms with Gasteiger partial charge in [0.1, 0.15) is 5.75 Å². The summed E-state index contributed by atoms with van der Waals surface area (Å²) in [5, 5.41) is 8.92. The van der Waals surface area contributed by atoms with Crippen LogP contribution >= 0.6 is 0 Å². The average molecular weight is 344 g/mol. The first-order chi connectivity index (χ1) is 11.4. The molecule has 6 heteroatoms. The van der Waals surface area contributed by atoms with Crippen molar-refractivity contribution in [1.29, 1.82) is 5.26 Å². The summed E-state index contributed by atoms with van der Waals surface area (Å²) in [6, 6.07) is 15.9. The Bertz CT molecular complexity index is 841. The van der Waals surface area contributed by atoms with Crippen LogP contribution in [0.5, 0.6) is 5.75 Å². The number of sulfone groups is 1. The minimum Gasteiger partial charge on any atom is -0.497 e. The molecule has 0 radical (unpaired) electrons. The van der Waals surface area contributed by atoms with Crippen LogP contribution in [0.1, 0.15) is 11.1 Å². The fourth-order valence-electron chi connectivity index (χ4n) is 2.32. The zero-order valence-electron chi connectivity index (χ0n) is 13.8. The molecule has 5 nitrogen and oxygen atoms in total. The van der Waals surface area contributed by atoms with E-state index in [2.05, 4.69) is 6.07 Å². The molecule has 0 saturated carbocycles. The first kappa shape index (κ1) is 18.0. The van der Waals surface area contributed by atoms with Crippen molar-refractivity contribution in [3.63, 3.8) is 0 Å². The molecular weight excluding hydrogens is 324 g/mol. The highest BCUT2D eigenvalue weighted by Gasteiger charge is 2.16. The largest absolute Gasteiger partial charge is 0.497 e. The first-order valence-electron chi connectivity index (χ1n) is 7.49. The monoisotopic (exact) mass is 344 g/mol. The molecule has 2 aromatic rings. The molecule has 0 aliphatic heterocycles. The molecule has 0 amide bonds. The molecule has 0 fully saturated rings. The number of hydrogen-bond acceptors (Lipinski definition) is 5. The number of hydrogen-bond donors (Lipinski definition) is 0. The number of benzene rings is 2. The molecule has 24 heavy (non-hydrogen) atoms. The van der Waals surface area contributed by atoms with Crippen LogP contribution in [0.15, 0.2) is 53.4 Å². The second kappa shape index (κ2) is 7.95. The van der Waals surface area contributed by atoms with Gasteiger partial charge in [0.15, 0.2) is 9.84 Å². The molecule has 0 atom stereocenters. The molecule has 0 aliphatic rings. The molecule has 0 aliphatic carbocycles. The van der Waals surface area contributed by atoms with Crippen LogP contribution in [-0.2, 0) is 16.4 Å². The third-order valence-electron chi connectivity index (χ3n) is 3.65. The smallest absolute Gasteiger partial charge is 0.179 e. The van der Waals surface area contributed by atoms with Crippen LogP contribution in [0.4, 0.5) is 0 Å². The second-order valence-corrected chi connectivity index (χ2v) is 7.66. The fourth-order valence-corrected chi connectivity index (χ4v) is 3.69. The summed E-state index contributed by atoms with van der Waals surface area (Å²) in [6.45, 7) is 0.986. The van der Waals surface area contributed by atoms with Crippen LogP contribution in [0.3, 0.4) is 0 Å². The number of rotatable bonds is 7. The van der Waals surface area contributed by atoms with Gasteiger partial charge in [-0.2, -0.15) is 5.26 Å². The van der Waals surface area contributed by atoms with E-state index >= 15 is 0 Å². The lowest BCUT2D eigenvalue weighted by Gasteiger charge is -2.17. The van der Waals surface area contributed by atoms with Gasteiger partial charge in [-0.15, -0.1) is 0 Å². The number of nitriles is 1. The molecule has 0 aromatic heterocycles. The minimum atomic E-state index is -3.37. The topological polar surface area (TPSA) is 70.4 Å². The molecular formula is C18H20N2O3S. The van der Waals surface area contributed by atoms with E-state index in [-0.39, 0.29) is 10.6 Å². The van der Waals surface area contributed by atoms with Crippen LogP contribution in [0, 0.1) is 11.3 Å². The van der Waals surface area contributed by atoms with E-state index in [1.165, 1.54) is 13.2 Å². The highest BCUT2D eigenvalue weighted by Crippen LogP contribution is 2.18. The Labute approximate surface area is 143 Å². The van der Waals surface area contributed by atoms with Gasteiger partial charge in [0.05, 0.1) is 29.4 Å². The van der Waals surface area contributed by atoms with Gasteiger partial charge in [-0.25, -0.2) is 8.42 Å². The molecule has 2 aromatic carbocycles. The molecule has 0 spiro atoms. The fraction of sp³-hybridized carbons (Fsp3) is 0.278. The highest BCUT2D eigenvalue weighted by atomic mass is 32.2. The lowest BCUT2D eigenvalue weighted by molar-refractivity contribution is 0.346. The van der Waals surface area contributed by atoms with Gasteiger partial charge in [-0.3, -0.25) is 0 Å². The van der Waals surface area contributed by atoms with Crippen molar-refractivity contribution in [2.75, 3.05) is 26.5 Å². The Kier molecular flexibility index (Phi) is 5.96. The molecule has 0 heterocycles. The quantitative estimate of drug-likeness (QED) is 0.772. The maximum absolute atomic E-state index is 12.4. The van der Waals surface area contributed by atoms with Crippen LogP contribution < -0.4 is 4.74 Å². The summed E-state index contributed by atoms with van der Waals surface area (Å²) in [7, 11) is 0.00299. The summed E-state index contributed by atoms with van der Waals surface area (Å²) in [4.78, 5) is 2.19. The maximum atomic E-state index is 12.4. The molecule has 126 valence electrons. The van der Waals surface area contributed by atoms with Crippen molar-refractivity contribution in [1.82, 2.24) is 4.90 Å². The van der Waals surface area contributed by atoms with Crippen molar-refractivity contribution >= 4 is 9.84 Å². The summed E-state index contributed by atoms with van der Waals surface area (Å²) in [6.07, 6.45) is 0. The Balaban J connectivity index is 1.99.